The molecule has 0 N–H and O–H groups in total. The largest absolute Gasteiger partial charge is 0.497 e. The first-order valence-electron chi connectivity index (χ1n) is 10.9. The molecule has 162 valence electrons. The summed E-state index contributed by atoms with van der Waals surface area (Å²) in [6.45, 7) is 8.38. The fourth-order valence-corrected chi connectivity index (χ4v) is 5.71. The highest BCUT2D eigenvalue weighted by molar-refractivity contribution is 8.17. The van der Waals surface area contributed by atoms with Crippen LogP contribution in [-0.2, 0) is 4.79 Å². The maximum atomic E-state index is 14.2. The SMILES string of the molecule is C=C1SC(=Nc2cccc(OC)c2)N(C(=O)[C@@H](c2ccccc2)C2CCCC2)C1(C)C. The number of thioether (sulfide) groups is 1. The van der Waals surface area contributed by atoms with Gasteiger partial charge in [0.05, 0.1) is 24.3 Å². The second-order valence-corrected chi connectivity index (χ2v) is 9.85. The number of benzene rings is 2. The molecule has 2 fully saturated rings. The molecule has 1 aliphatic carbocycles. The van der Waals surface area contributed by atoms with Crippen molar-refractivity contribution in [3.8, 4) is 5.75 Å². The lowest BCUT2D eigenvalue weighted by atomic mass is 9.83. The first kappa shape index (κ1) is 21.7. The van der Waals surface area contributed by atoms with E-state index in [1.807, 2.05) is 47.4 Å². The summed E-state index contributed by atoms with van der Waals surface area (Å²) in [5.41, 5.74) is 1.35. The lowest BCUT2D eigenvalue weighted by molar-refractivity contribution is -0.132. The van der Waals surface area contributed by atoms with Gasteiger partial charge < -0.3 is 4.74 Å². The third kappa shape index (κ3) is 4.29. The van der Waals surface area contributed by atoms with Crippen molar-refractivity contribution >= 4 is 28.5 Å². The number of amides is 1. The van der Waals surface area contributed by atoms with Crippen molar-refractivity contribution in [1.82, 2.24) is 4.90 Å². The van der Waals surface area contributed by atoms with Gasteiger partial charge in [-0.05, 0) is 50.3 Å². The average Bonchev–Trinajstić information content (AvgIpc) is 3.35. The van der Waals surface area contributed by atoms with Crippen LogP contribution in [0.5, 0.6) is 5.75 Å². The van der Waals surface area contributed by atoms with Gasteiger partial charge in [-0.2, -0.15) is 0 Å². The number of aliphatic imine (C=N–C) groups is 1. The Balaban J connectivity index is 1.76. The molecule has 4 nitrogen and oxygen atoms in total. The number of rotatable bonds is 5. The van der Waals surface area contributed by atoms with Gasteiger partial charge >= 0.3 is 0 Å². The normalized spacial score (nSPS) is 20.9. The van der Waals surface area contributed by atoms with Crippen molar-refractivity contribution in [3.05, 3.63) is 71.6 Å². The monoisotopic (exact) mass is 434 g/mol. The Morgan fingerprint density at radius 1 is 1.16 bits per heavy atom. The van der Waals surface area contributed by atoms with Gasteiger partial charge in [0.2, 0.25) is 5.91 Å². The molecular formula is C26H30N2O2S. The molecule has 1 aliphatic heterocycles. The molecule has 1 amide bonds. The van der Waals surface area contributed by atoms with Crippen molar-refractivity contribution in [2.75, 3.05) is 7.11 Å². The molecule has 31 heavy (non-hydrogen) atoms. The molecule has 4 rings (SSSR count). The topological polar surface area (TPSA) is 41.9 Å². The minimum atomic E-state index is -0.509. The fraction of sp³-hybridized carbons (Fsp3) is 0.385. The molecule has 1 saturated heterocycles. The van der Waals surface area contributed by atoms with Gasteiger partial charge in [0, 0.05) is 11.0 Å². The van der Waals surface area contributed by atoms with Crippen LogP contribution in [0.25, 0.3) is 0 Å². The molecule has 1 saturated carbocycles. The lowest BCUT2D eigenvalue weighted by Gasteiger charge is -2.35. The van der Waals surface area contributed by atoms with E-state index >= 15 is 0 Å². The summed E-state index contributed by atoms with van der Waals surface area (Å²) in [5, 5.41) is 0.687. The van der Waals surface area contributed by atoms with E-state index in [2.05, 4.69) is 32.6 Å². The highest BCUT2D eigenvalue weighted by Crippen LogP contribution is 2.47. The van der Waals surface area contributed by atoms with Crippen molar-refractivity contribution in [1.29, 1.82) is 0 Å². The second-order valence-electron chi connectivity index (χ2n) is 8.79. The highest BCUT2D eigenvalue weighted by atomic mass is 32.2. The van der Waals surface area contributed by atoms with Gasteiger partial charge in [-0.15, -0.1) is 0 Å². The van der Waals surface area contributed by atoms with Crippen LogP contribution in [0.3, 0.4) is 0 Å². The maximum absolute atomic E-state index is 14.2. The van der Waals surface area contributed by atoms with Crippen LogP contribution >= 0.6 is 11.8 Å². The van der Waals surface area contributed by atoms with Crippen molar-refractivity contribution < 1.29 is 9.53 Å². The minimum absolute atomic E-state index is 0.121. The Morgan fingerprint density at radius 3 is 2.55 bits per heavy atom. The van der Waals surface area contributed by atoms with E-state index in [9.17, 15) is 4.79 Å². The van der Waals surface area contributed by atoms with Gasteiger partial charge in [-0.3, -0.25) is 9.69 Å². The molecule has 1 atom stereocenters. The van der Waals surface area contributed by atoms with Crippen molar-refractivity contribution in [3.63, 3.8) is 0 Å². The van der Waals surface area contributed by atoms with Crippen LogP contribution in [0.1, 0.15) is 51.0 Å². The highest BCUT2D eigenvalue weighted by Gasteiger charge is 2.48. The molecule has 5 heteroatoms. The van der Waals surface area contributed by atoms with E-state index in [0.717, 1.165) is 34.7 Å². The smallest absolute Gasteiger partial charge is 0.237 e. The molecule has 0 aromatic heterocycles. The van der Waals surface area contributed by atoms with Crippen LogP contribution in [0, 0.1) is 5.92 Å². The van der Waals surface area contributed by atoms with Gasteiger partial charge in [0.1, 0.15) is 5.75 Å². The molecular weight excluding hydrogens is 404 g/mol. The second kappa shape index (κ2) is 8.91. The van der Waals surface area contributed by atoms with Crippen LogP contribution in [0.15, 0.2) is 71.1 Å². The van der Waals surface area contributed by atoms with E-state index in [-0.39, 0.29) is 11.8 Å². The Morgan fingerprint density at radius 2 is 1.87 bits per heavy atom. The average molecular weight is 435 g/mol. The Hall–Kier alpha value is -2.53. The molecule has 2 aromatic carbocycles. The molecule has 0 radical (unpaired) electrons. The Labute approximate surface area is 189 Å². The van der Waals surface area contributed by atoms with Gasteiger partial charge in [-0.1, -0.05) is 67.6 Å². The van der Waals surface area contributed by atoms with Crippen LogP contribution in [0.4, 0.5) is 5.69 Å². The molecule has 2 aliphatic rings. The van der Waals surface area contributed by atoms with E-state index in [1.165, 1.54) is 24.6 Å². The summed E-state index contributed by atoms with van der Waals surface area (Å²) in [5.74, 6) is 1.07. The zero-order valence-electron chi connectivity index (χ0n) is 18.5. The van der Waals surface area contributed by atoms with E-state index in [4.69, 9.17) is 9.73 Å². The number of carbonyl (C=O) groups excluding carboxylic acids is 1. The quantitative estimate of drug-likeness (QED) is 0.538. The predicted molar refractivity (Wildman–Crippen MR) is 129 cm³/mol. The predicted octanol–water partition coefficient (Wildman–Crippen LogP) is 6.52. The number of amidine groups is 1. The summed E-state index contributed by atoms with van der Waals surface area (Å²) in [6, 6.07) is 17.9. The molecule has 2 aromatic rings. The van der Waals surface area contributed by atoms with E-state index in [1.54, 1.807) is 7.11 Å². The number of carbonyl (C=O) groups is 1. The first-order chi connectivity index (χ1) is 14.9. The third-order valence-electron chi connectivity index (χ3n) is 6.44. The zero-order valence-corrected chi connectivity index (χ0v) is 19.3. The standard InChI is InChI=1S/C26H30N2O2S/c1-18-26(2,3)28(25(31-18)27-21-15-10-16-22(17-21)30-4)24(29)23(20-13-8-9-14-20)19-11-6-5-7-12-19/h5-7,10-12,15-17,20,23H,1,8-9,13-14H2,2-4H3/t23-/m0/s1. The van der Waals surface area contributed by atoms with E-state index < -0.39 is 5.54 Å². The lowest BCUT2D eigenvalue weighted by Crippen LogP contribution is -2.48. The summed E-state index contributed by atoms with van der Waals surface area (Å²) in [4.78, 5) is 21.9. The van der Waals surface area contributed by atoms with Gasteiger partial charge in [-0.25, -0.2) is 4.99 Å². The Bertz CT molecular complexity index is 993. The number of nitrogens with zero attached hydrogens (tertiary/aromatic N) is 2. The van der Waals surface area contributed by atoms with Gasteiger partial charge in [0.15, 0.2) is 5.17 Å². The Kier molecular flexibility index (Phi) is 6.24. The summed E-state index contributed by atoms with van der Waals surface area (Å²) in [7, 11) is 1.64. The molecule has 1 heterocycles. The van der Waals surface area contributed by atoms with Crippen LogP contribution in [-0.4, -0.2) is 28.6 Å². The first-order valence-corrected chi connectivity index (χ1v) is 11.7. The summed E-state index contributed by atoms with van der Waals surface area (Å²) < 4.78 is 5.35. The van der Waals surface area contributed by atoms with Gasteiger partial charge in [0.25, 0.3) is 0 Å². The molecule has 0 unspecified atom stereocenters. The van der Waals surface area contributed by atoms with E-state index in [0.29, 0.717) is 11.1 Å². The number of hydrogen-bond donors (Lipinski definition) is 0. The fourth-order valence-electron chi connectivity index (χ4n) is 4.58. The van der Waals surface area contributed by atoms with Crippen molar-refractivity contribution in [2.45, 2.75) is 51.0 Å². The summed E-state index contributed by atoms with van der Waals surface area (Å²) >= 11 is 1.49. The maximum Gasteiger partial charge on any atom is 0.237 e. The summed E-state index contributed by atoms with van der Waals surface area (Å²) in [6.07, 6.45) is 4.57. The number of ether oxygens (including phenoxy) is 1. The van der Waals surface area contributed by atoms with Crippen LogP contribution in [0.2, 0.25) is 0 Å². The molecule has 0 spiro atoms. The number of methoxy groups -OCH3 is 1. The third-order valence-corrected chi connectivity index (χ3v) is 7.64. The zero-order chi connectivity index (χ0) is 22.0. The van der Waals surface area contributed by atoms with Crippen LogP contribution < -0.4 is 4.74 Å². The molecule has 0 bridgehead atoms. The number of hydrogen-bond acceptors (Lipinski definition) is 4. The minimum Gasteiger partial charge on any atom is -0.497 e. The van der Waals surface area contributed by atoms with Crippen molar-refractivity contribution in [2.24, 2.45) is 10.9 Å².